The van der Waals surface area contributed by atoms with Crippen LogP contribution in [0.2, 0.25) is 0 Å². The van der Waals surface area contributed by atoms with E-state index in [4.69, 9.17) is 0 Å². The molecule has 8 heteroatoms. The minimum Gasteiger partial charge on any atom is -0.348 e. The van der Waals surface area contributed by atoms with Crippen molar-refractivity contribution in [1.82, 2.24) is 10.2 Å². The molecule has 0 radical (unpaired) electrons. The van der Waals surface area contributed by atoms with E-state index in [1.54, 1.807) is 34.1 Å². The SMILES string of the molecule is O=C(NCc1ccccc1)c1ccccc1NC(=O)C1CCN(C(=O)C2CC(=O)N(c3ccccc3)C2)CC1. The van der Waals surface area contributed by atoms with E-state index in [2.05, 4.69) is 10.6 Å². The van der Waals surface area contributed by atoms with Crippen LogP contribution in [0.25, 0.3) is 0 Å². The van der Waals surface area contributed by atoms with E-state index < -0.39 is 0 Å². The maximum absolute atomic E-state index is 13.2. The quantitative estimate of drug-likeness (QED) is 0.491. The first-order valence-electron chi connectivity index (χ1n) is 13.4. The van der Waals surface area contributed by atoms with Crippen molar-refractivity contribution < 1.29 is 19.2 Å². The Kier molecular flexibility index (Phi) is 8.01. The van der Waals surface area contributed by atoms with Gasteiger partial charge in [-0.2, -0.15) is 0 Å². The molecule has 3 aromatic carbocycles. The van der Waals surface area contributed by atoms with Gasteiger partial charge in [0.1, 0.15) is 0 Å². The molecule has 0 spiro atoms. The monoisotopic (exact) mass is 524 g/mol. The lowest BCUT2D eigenvalue weighted by Gasteiger charge is -2.33. The Morgan fingerprint density at radius 3 is 2.15 bits per heavy atom. The first-order chi connectivity index (χ1) is 19.0. The summed E-state index contributed by atoms with van der Waals surface area (Å²) in [5.41, 5.74) is 2.67. The first-order valence-corrected chi connectivity index (χ1v) is 13.4. The molecule has 2 aliphatic heterocycles. The van der Waals surface area contributed by atoms with Crippen LogP contribution in [0.15, 0.2) is 84.9 Å². The summed E-state index contributed by atoms with van der Waals surface area (Å²) in [6.45, 7) is 1.70. The number of carbonyl (C=O) groups is 4. The molecular formula is C31H32N4O4. The molecule has 4 amide bonds. The average Bonchev–Trinajstić information content (AvgIpc) is 3.38. The molecule has 39 heavy (non-hydrogen) atoms. The summed E-state index contributed by atoms with van der Waals surface area (Å²) in [6, 6.07) is 26.0. The minimum absolute atomic E-state index is 0.0268. The van der Waals surface area contributed by atoms with Crippen molar-refractivity contribution in [2.45, 2.75) is 25.8 Å². The normalized spacial score (nSPS) is 17.6. The number of likely N-dealkylation sites (tertiary alicyclic amines) is 1. The Balaban J connectivity index is 1.13. The fourth-order valence-corrected chi connectivity index (χ4v) is 5.25. The summed E-state index contributed by atoms with van der Waals surface area (Å²) in [4.78, 5) is 55.1. The highest BCUT2D eigenvalue weighted by Gasteiger charge is 2.38. The van der Waals surface area contributed by atoms with E-state index in [1.165, 1.54) is 0 Å². The van der Waals surface area contributed by atoms with Gasteiger partial charge in [-0.25, -0.2) is 0 Å². The van der Waals surface area contributed by atoms with Crippen LogP contribution < -0.4 is 15.5 Å². The van der Waals surface area contributed by atoms with E-state index in [9.17, 15) is 19.2 Å². The number of carbonyl (C=O) groups excluding carboxylic acids is 4. The van der Waals surface area contributed by atoms with E-state index in [0.717, 1.165) is 11.3 Å². The second-order valence-corrected chi connectivity index (χ2v) is 10.0. The third kappa shape index (κ3) is 6.17. The zero-order valence-corrected chi connectivity index (χ0v) is 21.7. The number of nitrogens with zero attached hydrogens (tertiary/aromatic N) is 2. The molecule has 2 heterocycles. The van der Waals surface area contributed by atoms with Gasteiger partial charge in [0.05, 0.1) is 17.2 Å². The van der Waals surface area contributed by atoms with Crippen LogP contribution in [0.1, 0.15) is 35.2 Å². The van der Waals surface area contributed by atoms with Crippen molar-refractivity contribution in [3.8, 4) is 0 Å². The van der Waals surface area contributed by atoms with Crippen LogP contribution in [0.4, 0.5) is 11.4 Å². The summed E-state index contributed by atoms with van der Waals surface area (Å²) in [5, 5.41) is 5.84. The lowest BCUT2D eigenvalue weighted by atomic mass is 9.94. The minimum atomic E-state index is -0.371. The molecule has 200 valence electrons. The Morgan fingerprint density at radius 2 is 1.44 bits per heavy atom. The molecule has 1 atom stereocenters. The van der Waals surface area contributed by atoms with Crippen molar-refractivity contribution in [2.24, 2.45) is 11.8 Å². The van der Waals surface area contributed by atoms with Crippen LogP contribution in [0.5, 0.6) is 0 Å². The van der Waals surface area contributed by atoms with Crippen molar-refractivity contribution in [3.05, 3.63) is 96.1 Å². The van der Waals surface area contributed by atoms with Crippen molar-refractivity contribution in [3.63, 3.8) is 0 Å². The molecule has 2 aliphatic rings. The van der Waals surface area contributed by atoms with Gasteiger partial charge >= 0.3 is 0 Å². The van der Waals surface area contributed by atoms with Gasteiger partial charge in [0.25, 0.3) is 5.91 Å². The molecule has 1 unspecified atom stereocenters. The first kappa shape index (κ1) is 26.2. The predicted octanol–water partition coefficient (Wildman–Crippen LogP) is 3.85. The second kappa shape index (κ2) is 11.9. The summed E-state index contributed by atoms with van der Waals surface area (Å²) in [5.74, 6) is -1.12. The molecule has 0 saturated carbocycles. The summed E-state index contributed by atoms with van der Waals surface area (Å²) >= 11 is 0. The fourth-order valence-electron chi connectivity index (χ4n) is 5.25. The highest BCUT2D eigenvalue weighted by molar-refractivity contribution is 6.04. The zero-order chi connectivity index (χ0) is 27.2. The van der Waals surface area contributed by atoms with Crippen molar-refractivity contribution in [2.75, 3.05) is 29.9 Å². The lowest BCUT2D eigenvalue weighted by Crippen LogP contribution is -2.44. The lowest BCUT2D eigenvalue weighted by molar-refractivity contribution is -0.138. The molecule has 5 rings (SSSR count). The van der Waals surface area contributed by atoms with Gasteiger partial charge < -0.3 is 20.4 Å². The molecule has 0 bridgehead atoms. The van der Waals surface area contributed by atoms with Gasteiger partial charge in [0, 0.05) is 44.2 Å². The summed E-state index contributed by atoms with van der Waals surface area (Å²) < 4.78 is 0. The fraction of sp³-hybridized carbons (Fsp3) is 0.290. The number of nitrogens with one attached hydrogen (secondary N) is 2. The number of para-hydroxylation sites is 2. The average molecular weight is 525 g/mol. The number of benzene rings is 3. The number of hydrogen-bond donors (Lipinski definition) is 2. The van der Waals surface area contributed by atoms with Gasteiger partial charge in [-0.05, 0) is 42.7 Å². The van der Waals surface area contributed by atoms with E-state index in [1.807, 2.05) is 60.7 Å². The highest BCUT2D eigenvalue weighted by atomic mass is 16.2. The molecule has 0 aliphatic carbocycles. The number of piperidine rings is 1. The van der Waals surface area contributed by atoms with Crippen LogP contribution in [0.3, 0.4) is 0 Å². The highest BCUT2D eigenvalue weighted by Crippen LogP contribution is 2.28. The summed E-state index contributed by atoms with van der Waals surface area (Å²) in [6.07, 6.45) is 1.27. The molecule has 0 aromatic heterocycles. The molecule has 3 aromatic rings. The van der Waals surface area contributed by atoms with Crippen LogP contribution in [0, 0.1) is 11.8 Å². The van der Waals surface area contributed by atoms with Crippen LogP contribution >= 0.6 is 0 Å². The van der Waals surface area contributed by atoms with Gasteiger partial charge in [-0.1, -0.05) is 60.7 Å². The predicted molar refractivity (Wildman–Crippen MR) is 149 cm³/mol. The molecular weight excluding hydrogens is 492 g/mol. The van der Waals surface area contributed by atoms with Crippen molar-refractivity contribution in [1.29, 1.82) is 0 Å². The number of hydrogen-bond acceptors (Lipinski definition) is 4. The van der Waals surface area contributed by atoms with Gasteiger partial charge in [0.2, 0.25) is 17.7 Å². The molecule has 2 saturated heterocycles. The molecule has 2 fully saturated rings. The van der Waals surface area contributed by atoms with E-state index >= 15 is 0 Å². The number of amides is 4. The number of rotatable bonds is 7. The van der Waals surface area contributed by atoms with Gasteiger partial charge in [-0.15, -0.1) is 0 Å². The maximum atomic E-state index is 13.2. The van der Waals surface area contributed by atoms with Crippen LogP contribution in [-0.4, -0.2) is 48.2 Å². The van der Waals surface area contributed by atoms with Crippen molar-refractivity contribution >= 4 is 35.0 Å². The van der Waals surface area contributed by atoms with Crippen LogP contribution in [-0.2, 0) is 20.9 Å². The largest absolute Gasteiger partial charge is 0.348 e. The second-order valence-electron chi connectivity index (χ2n) is 10.0. The topological polar surface area (TPSA) is 98.8 Å². The zero-order valence-electron chi connectivity index (χ0n) is 21.7. The van der Waals surface area contributed by atoms with Gasteiger partial charge in [0.15, 0.2) is 0 Å². The Labute approximate surface area is 228 Å². The molecule has 2 N–H and O–H groups in total. The van der Waals surface area contributed by atoms with Gasteiger partial charge in [-0.3, -0.25) is 19.2 Å². The Hall–Kier alpha value is -4.46. The maximum Gasteiger partial charge on any atom is 0.253 e. The third-order valence-electron chi connectivity index (χ3n) is 7.45. The standard InChI is InChI=1S/C31H32N4O4/c36-28-19-24(21-35(28)25-11-5-2-6-12-25)31(39)34-17-15-23(16-18-34)29(37)33-27-14-8-7-13-26(27)30(38)32-20-22-9-3-1-4-10-22/h1-14,23-24H,15-21H2,(H,32,38)(H,33,37). The summed E-state index contributed by atoms with van der Waals surface area (Å²) in [7, 11) is 0. The number of anilines is 2. The van der Waals surface area contributed by atoms with E-state index in [-0.39, 0.29) is 41.9 Å². The Morgan fingerprint density at radius 1 is 0.795 bits per heavy atom. The van der Waals surface area contributed by atoms with E-state index in [0.29, 0.717) is 50.3 Å². The Bertz CT molecular complexity index is 1340. The molecule has 8 nitrogen and oxygen atoms in total. The smallest absolute Gasteiger partial charge is 0.253 e. The third-order valence-corrected chi connectivity index (χ3v) is 7.45.